The minimum absolute atomic E-state index is 0.483. The van der Waals surface area contributed by atoms with Crippen molar-refractivity contribution in [1.82, 2.24) is 14.9 Å². The third kappa shape index (κ3) is 4.10. The smallest absolute Gasteiger partial charge is 0.146 e. The number of ether oxygens (including phenoxy) is 1. The first kappa shape index (κ1) is 13.6. The first-order valence-corrected chi connectivity index (χ1v) is 6.56. The van der Waals surface area contributed by atoms with Gasteiger partial charge in [0.2, 0.25) is 0 Å². The van der Waals surface area contributed by atoms with Crippen molar-refractivity contribution in [2.75, 3.05) is 0 Å². The van der Waals surface area contributed by atoms with Crippen LogP contribution >= 0.6 is 0 Å². The van der Waals surface area contributed by atoms with Gasteiger partial charge >= 0.3 is 0 Å². The van der Waals surface area contributed by atoms with Crippen LogP contribution in [0.3, 0.4) is 0 Å². The molecule has 1 heterocycles. The summed E-state index contributed by atoms with van der Waals surface area (Å²) in [6.07, 6.45) is 3.70. The van der Waals surface area contributed by atoms with Crippen LogP contribution < -0.4 is 10.1 Å². The lowest BCUT2D eigenvalue weighted by atomic mass is 10.2. The summed E-state index contributed by atoms with van der Waals surface area (Å²) in [5.41, 5.74) is 1.23. The first-order valence-electron chi connectivity index (χ1n) is 6.56. The molecule has 0 aliphatic rings. The molecule has 0 bridgehead atoms. The van der Waals surface area contributed by atoms with E-state index in [2.05, 4.69) is 36.3 Å². The average Bonchev–Trinajstić information content (AvgIpc) is 2.80. The van der Waals surface area contributed by atoms with E-state index in [-0.39, 0.29) is 0 Å². The van der Waals surface area contributed by atoms with Crippen molar-refractivity contribution >= 4 is 0 Å². The molecule has 2 rings (SSSR count). The number of rotatable bonds is 6. The van der Waals surface area contributed by atoms with E-state index in [0.717, 1.165) is 18.1 Å². The van der Waals surface area contributed by atoms with Gasteiger partial charge < -0.3 is 14.6 Å². The predicted octanol–water partition coefficient (Wildman–Crippen LogP) is 2.50. The number of aryl methyl sites for hydroxylation is 1. The largest absolute Gasteiger partial charge is 0.486 e. The van der Waals surface area contributed by atoms with Gasteiger partial charge in [0.1, 0.15) is 18.2 Å². The molecule has 19 heavy (non-hydrogen) atoms. The summed E-state index contributed by atoms with van der Waals surface area (Å²) < 4.78 is 7.73. The van der Waals surface area contributed by atoms with Crippen molar-refractivity contribution in [3.8, 4) is 5.75 Å². The fourth-order valence-electron chi connectivity index (χ4n) is 1.75. The van der Waals surface area contributed by atoms with Crippen molar-refractivity contribution in [2.24, 2.45) is 7.05 Å². The zero-order chi connectivity index (χ0) is 13.7. The Balaban J connectivity index is 1.93. The number of nitrogens with one attached hydrogen (secondary N) is 1. The maximum absolute atomic E-state index is 5.77. The van der Waals surface area contributed by atoms with Crippen molar-refractivity contribution in [3.63, 3.8) is 0 Å². The first-order chi connectivity index (χ1) is 9.15. The minimum atomic E-state index is 0.483. The number of benzene rings is 1. The second kappa shape index (κ2) is 6.38. The second-order valence-electron chi connectivity index (χ2n) is 4.93. The number of nitrogens with zero attached hydrogens (tertiary/aromatic N) is 2. The predicted molar refractivity (Wildman–Crippen MR) is 76.0 cm³/mol. The highest BCUT2D eigenvalue weighted by Crippen LogP contribution is 2.14. The van der Waals surface area contributed by atoms with Gasteiger partial charge in [-0.2, -0.15) is 0 Å². The van der Waals surface area contributed by atoms with Gasteiger partial charge in [0.15, 0.2) is 0 Å². The highest BCUT2D eigenvalue weighted by Gasteiger charge is 2.02. The molecule has 0 amide bonds. The summed E-state index contributed by atoms with van der Waals surface area (Å²) >= 11 is 0. The van der Waals surface area contributed by atoms with Crippen LogP contribution in [0.2, 0.25) is 0 Å². The van der Waals surface area contributed by atoms with Crippen LogP contribution in [-0.2, 0) is 20.2 Å². The molecule has 2 aromatic rings. The van der Waals surface area contributed by atoms with Gasteiger partial charge in [-0.05, 0) is 17.7 Å². The number of hydrogen-bond acceptors (Lipinski definition) is 3. The van der Waals surface area contributed by atoms with Crippen LogP contribution in [0.1, 0.15) is 25.2 Å². The van der Waals surface area contributed by atoms with Gasteiger partial charge in [-0.25, -0.2) is 4.98 Å². The van der Waals surface area contributed by atoms with E-state index in [1.54, 1.807) is 6.20 Å². The molecule has 0 atom stereocenters. The molecule has 0 unspecified atom stereocenters. The average molecular weight is 259 g/mol. The number of imidazole rings is 1. The Morgan fingerprint density at radius 1 is 1.37 bits per heavy atom. The van der Waals surface area contributed by atoms with E-state index in [0.29, 0.717) is 12.6 Å². The van der Waals surface area contributed by atoms with Crippen molar-refractivity contribution in [3.05, 3.63) is 48.0 Å². The van der Waals surface area contributed by atoms with Crippen LogP contribution in [0.25, 0.3) is 0 Å². The Morgan fingerprint density at radius 2 is 2.21 bits per heavy atom. The summed E-state index contributed by atoms with van der Waals surface area (Å²) in [6.45, 7) is 5.63. The van der Waals surface area contributed by atoms with Crippen molar-refractivity contribution < 1.29 is 4.74 Å². The van der Waals surface area contributed by atoms with Gasteiger partial charge in [-0.15, -0.1) is 0 Å². The molecule has 4 heteroatoms. The molecule has 0 radical (unpaired) electrons. The Morgan fingerprint density at radius 3 is 2.89 bits per heavy atom. The number of aromatic nitrogens is 2. The normalized spacial score (nSPS) is 10.9. The highest BCUT2D eigenvalue weighted by atomic mass is 16.5. The third-order valence-electron chi connectivity index (χ3n) is 2.90. The molecule has 4 nitrogen and oxygen atoms in total. The van der Waals surface area contributed by atoms with Crippen LogP contribution in [0.5, 0.6) is 5.75 Å². The molecular formula is C15H21N3O. The Kier molecular flexibility index (Phi) is 4.58. The van der Waals surface area contributed by atoms with Gasteiger partial charge in [0, 0.05) is 32.0 Å². The molecule has 1 N–H and O–H groups in total. The Hall–Kier alpha value is -1.81. The molecule has 0 saturated carbocycles. The Labute approximate surface area is 114 Å². The molecule has 1 aromatic heterocycles. The van der Waals surface area contributed by atoms with Gasteiger partial charge in [-0.1, -0.05) is 26.0 Å². The molecular weight excluding hydrogens is 238 g/mol. The van der Waals surface area contributed by atoms with E-state index in [1.165, 1.54) is 5.56 Å². The lowest BCUT2D eigenvalue weighted by molar-refractivity contribution is 0.291. The molecule has 0 fully saturated rings. The minimum Gasteiger partial charge on any atom is -0.486 e. The monoisotopic (exact) mass is 259 g/mol. The fourth-order valence-corrected chi connectivity index (χ4v) is 1.75. The van der Waals surface area contributed by atoms with E-state index in [4.69, 9.17) is 4.74 Å². The highest BCUT2D eigenvalue weighted by molar-refractivity contribution is 5.28. The summed E-state index contributed by atoms with van der Waals surface area (Å²) in [5, 5.41) is 3.40. The summed E-state index contributed by atoms with van der Waals surface area (Å²) in [4.78, 5) is 4.24. The maximum Gasteiger partial charge on any atom is 0.146 e. The van der Waals surface area contributed by atoms with E-state index in [9.17, 15) is 0 Å². The summed E-state index contributed by atoms with van der Waals surface area (Å²) in [7, 11) is 1.97. The van der Waals surface area contributed by atoms with Crippen molar-refractivity contribution in [2.45, 2.75) is 33.0 Å². The third-order valence-corrected chi connectivity index (χ3v) is 2.90. The Bertz CT molecular complexity index is 520. The zero-order valence-corrected chi connectivity index (χ0v) is 11.8. The van der Waals surface area contributed by atoms with Gasteiger partial charge in [0.25, 0.3) is 0 Å². The maximum atomic E-state index is 5.77. The zero-order valence-electron chi connectivity index (χ0n) is 11.8. The second-order valence-corrected chi connectivity index (χ2v) is 4.93. The van der Waals surface area contributed by atoms with Gasteiger partial charge in [-0.3, -0.25) is 0 Å². The van der Waals surface area contributed by atoms with Crippen LogP contribution in [0.4, 0.5) is 0 Å². The summed E-state index contributed by atoms with van der Waals surface area (Å²) in [5.74, 6) is 1.80. The fraction of sp³-hybridized carbons (Fsp3) is 0.400. The molecule has 0 aliphatic carbocycles. The van der Waals surface area contributed by atoms with Gasteiger partial charge in [0.05, 0.1) is 0 Å². The molecule has 0 spiro atoms. The topological polar surface area (TPSA) is 39.1 Å². The molecule has 1 aromatic carbocycles. The SMILES string of the molecule is CC(C)NCc1cccc(OCc2nccn2C)c1. The van der Waals surface area contributed by atoms with Crippen LogP contribution in [0, 0.1) is 0 Å². The quantitative estimate of drug-likeness (QED) is 0.866. The standard InChI is InChI=1S/C15H21N3O/c1-12(2)17-10-13-5-4-6-14(9-13)19-11-15-16-7-8-18(15)3/h4-9,12,17H,10-11H2,1-3H3. The van der Waals surface area contributed by atoms with Crippen molar-refractivity contribution in [1.29, 1.82) is 0 Å². The van der Waals surface area contributed by atoms with E-state index < -0.39 is 0 Å². The van der Waals surface area contributed by atoms with E-state index >= 15 is 0 Å². The van der Waals surface area contributed by atoms with Crippen LogP contribution in [-0.4, -0.2) is 15.6 Å². The van der Waals surface area contributed by atoms with Crippen LogP contribution in [0.15, 0.2) is 36.7 Å². The van der Waals surface area contributed by atoms with E-state index in [1.807, 2.05) is 29.9 Å². The number of hydrogen-bond donors (Lipinski definition) is 1. The molecule has 0 saturated heterocycles. The molecule has 102 valence electrons. The lowest BCUT2D eigenvalue weighted by Crippen LogP contribution is -2.21. The molecule has 0 aliphatic heterocycles. The summed E-state index contributed by atoms with van der Waals surface area (Å²) in [6, 6.07) is 8.64. The lowest BCUT2D eigenvalue weighted by Gasteiger charge is -2.10.